The molecular formula is C28H30N2O4. The predicted octanol–water partition coefficient (Wildman–Crippen LogP) is 4.78. The van der Waals surface area contributed by atoms with Gasteiger partial charge in [0, 0.05) is 36.9 Å². The van der Waals surface area contributed by atoms with E-state index in [1.54, 1.807) is 7.11 Å². The molecule has 0 radical (unpaired) electrons. The first kappa shape index (κ1) is 22.3. The van der Waals surface area contributed by atoms with Gasteiger partial charge in [0.05, 0.1) is 7.11 Å². The number of hydrogen-bond acceptors (Lipinski definition) is 5. The molecule has 0 aliphatic carbocycles. The molecule has 0 atom stereocenters. The third-order valence-electron chi connectivity index (χ3n) is 6.53. The molecule has 0 bridgehead atoms. The molecule has 0 aromatic heterocycles. The SMILES string of the molecule is COc1ccc(C(=O)N(c2ccccc2)C2CCN(Cc3ccc4c(c3)OCCO4)CC2)cc1. The van der Waals surface area contributed by atoms with Crippen molar-refractivity contribution in [2.45, 2.75) is 25.4 Å². The van der Waals surface area contributed by atoms with Crippen LogP contribution in [0.4, 0.5) is 5.69 Å². The maximum Gasteiger partial charge on any atom is 0.258 e. The van der Waals surface area contributed by atoms with E-state index in [4.69, 9.17) is 14.2 Å². The van der Waals surface area contributed by atoms with Crippen molar-refractivity contribution in [1.29, 1.82) is 0 Å². The van der Waals surface area contributed by atoms with Crippen LogP contribution in [0.5, 0.6) is 17.2 Å². The number of carbonyl (C=O) groups is 1. The van der Waals surface area contributed by atoms with Gasteiger partial charge in [-0.15, -0.1) is 0 Å². The van der Waals surface area contributed by atoms with Crippen molar-refractivity contribution in [3.05, 3.63) is 83.9 Å². The number of hydrogen-bond donors (Lipinski definition) is 0. The van der Waals surface area contributed by atoms with Crippen molar-refractivity contribution < 1.29 is 19.0 Å². The van der Waals surface area contributed by atoms with Gasteiger partial charge in [-0.3, -0.25) is 9.69 Å². The maximum absolute atomic E-state index is 13.6. The summed E-state index contributed by atoms with van der Waals surface area (Å²) in [5.74, 6) is 2.43. The Bertz CT molecular complexity index is 1110. The Morgan fingerprint density at radius 2 is 1.65 bits per heavy atom. The molecule has 6 nitrogen and oxygen atoms in total. The first-order chi connectivity index (χ1) is 16.7. The highest BCUT2D eigenvalue weighted by atomic mass is 16.6. The molecule has 6 heteroatoms. The quantitative estimate of drug-likeness (QED) is 0.532. The molecule has 0 N–H and O–H groups in total. The highest BCUT2D eigenvalue weighted by Crippen LogP contribution is 2.32. The molecule has 1 amide bonds. The van der Waals surface area contributed by atoms with E-state index in [1.807, 2.05) is 65.6 Å². The minimum Gasteiger partial charge on any atom is -0.497 e. The fourth-order valence-electron chi connectivity index (χ4n) is 4.74. The van der Waals surface area contributed by atoms with Gasteiger partial charge in [0.15, 0.2) is 11.5 Å². The van der Waals surface area contributed by atoms with Crippen molar-refractivity contribution in [2.75, 3.05) is 38.3 Å². The number of carbonyl (C=O) groups excluding carboxylic acids is 1. The van der Waals surface area contributed by atoms with Gasteiger partial charge >= 0.3 is 0 Å². The lowest BCUT2D eigenvalue weighted by molar-refractivity contribution is 0.0958. The summed E-state index contributed by atoms with van der Waals surface area (Å²) in [6.07, 6.45) is 1.84. The highest BCUT2D eigenvalue weighted by Gasteiger charge is 2.30. The molecule has 1 saturated heterocycles. The molecule has 34 heavy (non-hydrogen) atoms. The summed E-state index contributed by atoms with van der Waals surface area (Å²) in [6.45, 7) is 3.92. The van der Waals surface area contributed by atoms with Crippen LogP contribution in [0.2, 0.25) is 0 Å². The summed E-state index contributed by atoms with van der Waals surface area (Å²) in [5.41, 5.74) is 2.83. The van der Waals surface area contributed by atoms with Gasteiger partial charge in [-0.25, -0.2) is 0 Å². The summed E-state index contributed by atoms with van der Waals surface area (Å²) in [6, 6.07) is 23.7. The smallest absolute Gasteiger partial charge is 0.258 e. The zero-order chi connectivity index (χ0) is 23.3. The standard InChI is InChI=1S/C28H30N2O4/c1-32-25-10-8-22(9-11-25)28(31)30(23-5-3-2-4-6-23)24-13-15-29(16-14-24)20-21-7-12-26-27(19-21)34-18-17-33-26/h2-12,19,24H,13-18,20H2,1H3. The third-order valence-corrected chi connectivity index (χ3v) is 6.53. The fraction of sp³-hybridized carbons (Fsp3) is 0.321. The van der Waals surface area contributed by atoms with E-state index >= 15 is 0 Å². The van der Waals surface area contributed by atoms with Crippen LogP contribution in [-0.2, 0) is 6.54 Å². The number of amides is 1. The van der Waals surface area contributed by atoms with Gasteiger partial charge in [-0.1, -0.05) is 24.3 Å². The average molecular weight is 459 g/mol. The molecule has 3 aromatic rings. The van der Waals surface area contributed by atoms with E-state index in [9.17, 15) is 4.79 Å². The normalized spacial score (nSPS) is 16.1. The second-order valence-corrected chi connectivity index (χ2v) is 8.72. The number of likely N-dealkylation sites (tertiary alicyclic amines) is 1. The number of anilines is 1. The lowest BCUT2D eigenvalue weighted by Gasteiger charge is -2.38. The topological polar surface area (TPSA) is 51.2 Å². The molecule has 0 unspecified atom stereocenters. The first-order valence-corrected chi connectivity index (χ1v) is 11.8. The zero-order valence-electron chi connectivity index (χ0n) is 19.5. The van der Waals surface area contributed by atoms with Crippen LogP contribution in [0.1, 0.15) is 28.8 Å². The molecule has 5 rings (SSSR count). The van der Waals surface area contributed by atoms with Crippen molar-refractivity contribution in [1.82, 2.24) is 4.90 Å². The molecule has 3 aromatic carbocycles. The average Bonchev–Trinajstić information content (AvgIpc) is 2.90. The Labute approximate surface area is 200 Å². The molecular weight excluding hydrogens is 428 g/mol. The van der Waals surface area contributed by atoms with Crippen LogP contribution >= 0.6 is 0 Å². The van der Waals surface area contributed by atoms with E-state index in [1.165, 1.54) is 5.56 Å². The molecule has 176 valence electrons. The number of para-hydroxylation sites is 1. The summed E-state index contributed by atoms with van der Waals surface area (Å²) >= 11 is 0. The number of fused-ring (bicyclic) bond motifs is 1. The van der Waals surface area contributed by atoms with Crippen LogP contribution in [0.15, 0.2) is 72.8 Å². The van der Waals surface area contributed by atoms with E-state index in [2.05, 4.69) is 17.0 Å². The molecule has 0 spiro atoms. The number of nitrogens with zero attached hydrogens (tertiary/aromatic N) is 2. The van der Waals surface area contributed by atoms with Gasteiger partial charge in [0.25, 0.3) is 5.91 Å². The van der Waals surface area contributed by atoms with Crippen LogP contribution in [0.25, 0.3) is 0 Å². The van der Waals surface area contributed by atoms with E-state index in [0.29, 0.717) is 18.8 Å². The second-order valence-electron chi connectivity index (χ2n) is 8.72. The number of ether oxygens (including phenoxy) is 3. The lowest BCUT2D eigenvalue weighted by atomic mass is 10.00. The molecule has 1 fully saturated rings. The maximum atomic E-state index is 13.6. The lowest BCUT2D eigenvalue weighted by Crippen LogP contribution is -2.47. The molecule has 0 saturated carbocycles. The Morgan fingerprint density at radius 3 is 2.35 bits per heavy atom. The van der Waals surface area contributed by atoms with Crippen molar-refractivity contribution >= 4 is 11.6 Å². The highest BCUT2D eigenvalue weighted by molar-refractivity contribution is 6.06. The molecule has 2 heterocycles. The van der Waals surface area contributed by atoms with Crippen LogP contribution in [0.3, 0.4) is 0 Å². The van der Waals surface area contributed by atoms with Gasteiger partial charge in [-0.05, 0) is 66.9 Å². The van der Waals surface area contributed by atoms with E-state index < -0.39 is 0 Å². The number of methoxy groups -OCH3 is 1. The summed E-state index contributed by atoms with van der Waals surface area (Å²) in [5, 5.41) is 0. The Hall–Kier alpha value is -3.51. The van der Waals surface area contributed by atoms with Gasteiger partial charge in [0.1, 0.15) is 19.0 Å². The second kappa shape index (κ2) is 10.2. The van der Waals surface area contributed by atoms with Crippen molar-refractivity contribution in [3.63, 3.8) is 0 Å². The van der Waals surface area contributed by atoms with E-state index in [0.717, 1.165) is 55.4 Å². The van der Waals surface area contributed by atoms with Crippen LogP contribution < -0.4 is 19.1 Å². The summed E-state index contributed by atoms with van der Waals surface area (Å²) in [4.78, 5) is 18.0. The minimum absolute atomic E-state index is 0.0270. The molecule has 2 aliphatic rings. The predicted molar refractivity (Wildman–Crippen MR) is 132 cm³/mol. The monoisotopic (exact) mass is 458 g/mol. The van der Waals surface area contributed by atoms with Crippen LogP contribution in [0, 0.1) is 0 Å². The summed E-state index contributed by atoms with van der Waals surface area (Å²) in [7, 11) is 1.63. The van der Waals surface area contributed by atoms with E-state index in [-0.39, 0.29) is 11.9 Å². The van der Waals surface area contributed by atoms with Crippen molar-refractivity contribution in [3.8, 4) is 17.2 Å². The Balaban J connectivity index is 1.28. The van der Waals surface area contributed by atoms with Gasteiger partial charge in [-0.2, -0.15) is 0 Å². The number of rotatable bonds is 6. The molecule has 2 aliphatic heterocycles. The minimum atomic E-state index is 0.0270. The third kappa shape index (κ3) is 4.87. The largest absolute Gasteiger partial charge is 0.497 e. The first-order valence-electron chi connectivity index (χ1n) is 11.8. The van der Waals surface area contributed by atoms with Crippen LogP contribution in [-0.4, -0.2) is 50.3 Å². The summed E-state index contributed by atoms with van der Waals surface area (Å²) < 4.78 is 16.6. The zero-order valence-corrected chi connectivity index (χ0v) is 19.5. The van der Waals surface area contributed by atoms with Gasteiger partial charge in [0.2, 0.25) is 0 Å². The Morgan fingerprint density at radius 1 is 0.941 bits per heavy atom. The number of piperidine rings is 1. The van der Waals surface area contributed by atoms with Crippen molar-refractivity contribution in [2.24, 2.45) is 0 Å². The Kier molecular flexibility index (Phi) is 6.67. The number of benzene rings is 3. The fourth-order valence-corrected chi connectivity index (χ4v) is 4.74. The van der Waals surface area contributed by atoms with Gasteiger partial charge < -0.3 is 19.1 Å².